The summed E-state index contributed by atoms with van der Waals surface area (Å²) in [5, 5.41) is 10.4. The Labute approximate surface area is 117 Å². The van der Waals surface area contributed by atoms with E-state index in [1.807, 2.05) is 6.92 Å². The molecule has 4 heteroatoms. The van der Waals surface area contributed by atoms with Gasteiger partial charge in [-0.15, -0.1) is 0 Å². The molecule has 0 aromatic heterocycles. The van der Waals surface area contributed by atoms with E-state index in [2.05, 4.69) is 40.9 Å². The van der Waals surface area contributed by atoms with Crippen LogP contribution in [0.1, 0.15) is 29.2 Å². The molecule has 0 saturated carbocycles. The van der Waals surface area contributed by atoms with Crippen molar-refractivity contribution in [1.82, 2.24) is 4.90 Å². The number of aryl methyl sites for hydroxylation is 2. The Morgan fingerprint density at radius 1 is 1.44 bits per heavy atom. The van der Waals surface area contributed by atoms with E-state index >= 15 is 0 Å². The number of nitrogens with two attached hydrogens (primary N) is 1. The van der Waals surface area contributed by atoms with Crippen LogP contribution in [-0.4, -0.2) is 30.1 Å². The van der Waals surface area contributed by atoms with E-state index in [9.17, 15) is 5.11 Å². The van der Waals surface area contributed by atoms with Gasteiger partial charge in [-0.25, -0.2) is 0 Å². The molecule has 1 fully saturated rings. The topological polar surface area (TPSA) is 49.5 Å². The third-order valence-corrected chi connectivity index (χ3v) is 4.97. The Morgan fingerprint density at radius 3 is 2.67 bits per heavy atom. The van der Waals surface area contributed by atoms with E-state index < -0.39 is 0 Å². The monoisotopic (exact) mass is 312 g/mol. The second kappa shape index (κ2) is 5.19. The summed E-state index contributed by atoms with van der Waals surface area (Å²) < 4.78 is 0.813. The third-order valence-electron chi connectivity index (χ3n) is 3.97. The van der Waals surface area contributed by atoms with Crippen LogP contribution < -0.4 is 5.73 Å². The quantitative estimate of drug-likeness (QED) is 0.883. The van der Waals surface area contributed by atoms with E-state index in [0.717, 1.165) is 34.1 Å². The van der Waals surface area contributed by atoms with Crippen LogP contribution >= 0.6 is 15.9 Å². The Bertz CT molecular complexity index is 462. The van der Waals surface area contributed by atoms with Gasteiger partial charge >= 0.3 is 0 Å². The first-order chi connectivity index (χ1) is 8.45. The van der Waals surface area contributed by atoms with E-state index in [4.69, 9.17) is 5.73 Å². The first-order valence-electron chi connectivity index (χ1n) is 6.34. The van der Waals surface area contributed by atoms with Gasteiger partial charge in [0.25, 0.3) is 0 Å². The molecule has 0 amide bonds. The highest BCUT2D eigenvalue weighted by Gasteiger charge is 2.33. The zero-order valence-corrected chi connectivity index (χ0v) is 12.8. The lowest BCUT2D eigenvalue weighted by Crippen LogP contribution is -2.21. The molecular weight excluding hydrogens is 292 g/mol. The number of hydrogen-bond acceptors (Lipinski definition) is 3. The first-order valence-corrected chi connectivity index (χ1v) is 7.13. The molecule has 18 heavy (non-hydrogen) atoms. The Kier molecular flexibility index (Phi) is 3.99. The average molecular weight is 313 g/mol. The van der Waals surface area contributed by atoms with Crippen molar-refractivity contribution in [2.45, 2.75) is 26.3 Å². The van der Waals surface area contributed by atoms with E-state index in [1.165, 1.54) is 0 Å². The van der Waals surface area contributed by atoms with Crippen molar-refractivity contribution in [3.8, 4) is 5.75 Å². The molecule has 1 heterocycles. The predicted molar refractivity (Wildman–Crippen MR) is 77.8 cm³/mol. The molecule has 1 aromatic rings. The van der Waals surface area contributed by atoms with Crippen molar-refractivity contribution < 1.29 is 5.11 Å². The molecule has 2 rings (SSSR count). The normalized spacial score (nSPS) is 24.7. The summed E-state index contributed by atoms with van der Waals surface area (Å²) in [7, 11) is 2.10. The second-order valence-corrected chi connectivity index (χ2v) is 6.17. The molecule has 0 aliphatic carbocycles. The summed E-state index contributed by atoms with van der Waals surface area (Å²) in [5.41, 5.74) is 9.04. The van der Waals surface area contributed by atoms with Crippen LogP contribution in [0.2, 0.25) is 0 Å². The van der Waals surface area contributed by atoms with Gasteiger partial charge in [-0.2, -0.15) is 0 Å². The van der Waals surface area contributed by atoms with Crippen molar-refractivity contribution in [3.05, 3.63) is 27.2 Å². The first kappa shape index (κ1) is 13.8. The Balaban J connectivity index is 2.43. The largest absolute Gasteiger partial charge is 0.506 e. The average Bonchev–Trinajstić information content (AvgIpc) is 2.68. The van der Waals surface area contributed by atoms with Crippen molar-refractivity contribution >= 4 is 15.9 Å². The fourth-order valence-corrected chi connectivity index (χ4v) is 3.32. The standard InChI is InChI=1S/C14H21BrN2O/c1-8-4-9(2)13(15)14(18)12(8)11-5-10(6-16)7-17(11)3/h4,10-11,18H,5-7,16H2,1-3H3. The molecule has 3 nitrogen and oxygen atoms in total. The van der Waals surface area contributed by atoms with Crippen LogP contribution in [0.5, 0.6) is 5.75 Å². The van der Waals surface area contributed by atoms with Gasteiger partial charge in [0, 0.05) is 18.2 Å². The highest BCUT2D eigenvalue weighted by molar-refractivity contribution is 9.10. The highest BCUT2D eigenvalue weighted by atomic mass is 79.9. The third kappa shape index (κ3) is 2.29. The lowest BCUT2D eigenvalue weighted by atomic mass is 9.94. The number of aromatic hydroxyl groups is 1. The molecule has 0 spiro atoms. The van der Waals surface area contributed by atoms with Crippen LogP contribution in [0.15, 0.2) is 10.5 Å². The van der Waals surface area contributed by atoms with Gasteiger partial charge < -0.3 is 10.8 Å². The number of nitrogens with zero attached hydrogens (tertiary/aromatic N) is 1. The minimum absolute atomic E-state index is 0.274. The molecule has 2 unspecified atom stereocenters. The predicted octanol–water partition coefficient (Wildman–Crippen LogP) is 2.72. The molecule has 1 aliphatic heterocycles. The van der Waals surface area contributed by atoms with Crippen LogP contribution in [-0.2, 0) is 0 Å². The molecule has 100 valence electrons. The fraction of sp³-hybridized carbons (Fsp3) is 0.571. The second-order valence-electron chi connectivity index (χ2n) is 5.38. The van der Waals surface area contributed by atoms with Crippen molar-refractivity contribution in [1.29, 1.82) is 0 Å². The molecule has 1 aliphatic rings. The summed E-state index contributed by atoms with van der Waals surface area (Å²) in [6.45, 7) is 5.79. The summed E-state index contributed by atoms with van der Waals surface area (Å²) in [6.07, 6.45) is 1.02. The van der Waals surface area contributed by atoms with Crippen LogP contribution in [0.25, 0.3) is 0 Å². The van der Waals surface area contributed by atoms with Gasteiger partial charge in [0.1, 0.15) is 5.75 Å². The molecule has 0 bridgehead atoms. The number of hydrogen-bond donors (Lipinski definition) is 2. The molecule has 0 radical (unpaired) electrons. The van der Waals surface area contributed by atoms with E-state index in [-0.39, 0.29) is 6.04 Å². The van der Waals surface area contributed by atoms with Gasteiger partial charge in [-0.1, -0.05) is 6.07 Å². The van der Waals surface area contributed by atoms with Crippen LogP contribution in [0.3, 0.4) is 0 Å². The van der Waals surface area contributed by atoms with Gasteiger partial charge in [-0.05, 0) is 66.8 Å². The number of phenols is 1. The molecular formula is C14H21BrN2O. The lowest BCUT2D eigenvalue weighted by Gasteiger charge is -2.23. The van der Waals surface area contributed by atoms with Crippen molar-refractivity contribution in [3.63, 3.8) is 0 Å². The molecule has 1 aromatic carbocycles. The summed E-state index contributed by atoms with van der Waals surface area (Å²) in [6, 6.07) is 2.40. The Morgan fingerprint density at radius 2 is 2.11 bits per heavy atom. The number of halogens is 1. The van der Waals surface area contributed by atoms with E-state index in [0.29, 0.717) is 18.2 Å². The molecule has 3 N–H and O–H groups in total. The number of rotatable bonds is 2. The minimum atomic E-state index is 0.274. The maximum atomic E-state index is 10.4. The number of likely N-dealkylation sites (tertiary alicyclic amines) is 1. The number of benzene rings is 1. The fourth-order valence-electron chi connectivity index (χ4n) is 2.99. The maximum absolute atomic E-state index is 10.4. The zero-order valence-electron chi connectivity index (χ0n) is 11.2. The van der Waals surface area contributed by atoms with Gasteiger partial charge in [-0.3, -0.25) is 4.90 Å². The maximum Gasteiger partial charge on any atom is 0.135 e. The van der Waals surface area contributed by atoms with E-state index in [1.54, 1.807) is 0 Å². The molecule has 2 atom stereocenters. The minimum Gasteiger partial charge on any atom is -0.506 e. The zero-order chi connectivity index (χ0) is 13.4. The molecule has 1 saturated heterocycles. The van der Waals surface area contributed by atoms with Gasteiger partial charge in [0.05, 0.1) is 4.47 Å². The lowest BCUT2D eigenvalue weighted by molar-refractivity contribution is 0.304. The SMILES string of the molecule is Cc1cc(C)c(C2CC(CN)CN2C)c(O)c1Br. The summed E-state index contributed by atoms with van der Waals surface area (Å²) >= 11 is 3.47. The van der Waals surface area contributed by atoms with Gasteiger partial charge in [0.15, 0.2) is 0 Å². The summed E-state index contributed by atoms with van der Waals surface area (Å²) in [4.78, 5) is 2.29. The Hall–Kier alpha value is -0.580. The van der Waals surface area contributed by atoms with Crippen molar-refractivity contribution in [2.24, 2.45) is 11.7 Å². The highest BCUT2D eigenvalue weighted by Crippen LogP contribution is 2.43. The smallest absolute Gasteiger partial charge is 0.135 e. The number of phenolic OH excluding ortho intramolecular Hbond substituents is 1. The van der Waals surface area contributed by atoms with Crippen LogP contribution in [0.4, 0.5) is 0 Å². The van der Waals surface area contributed by atoms with Crippen LogP contribution in [0, 0.1) is 19.8 Å². The van der Waals surface area contributed by atoms with Crippen molar-refractivity contribution in [2.75, 3.05) is 20.1 Å². The van der Waals surface area contributed by atoms with Gasteiger partial charge in [0.2, 0.25) is 0 Å². The summed E-state index contributed by atoms with van der Waals surface area (Å²) in [5.74, 6) is 0.918.